The van der Waals surface area contributed by atoms with E-state index in [1.807, 2.05) is 27.7 Å². The number of fused-ring (bicyclic) bond motifs is 2. The van der Waals surface area contributed by atoms with Crippen molar-refractivity contribution in [1.82, 2.24) is 0 Å². The molecule has 0 aromatic rings. The first kappa shape index (κ1) is 19.7. The van der Waals surface area contributed by atoms with E-state index in [0.717, 1.165) is 0 Å². The van der Waals surface area contributed by atoms with Gasteiger partial charge in [0.1, 0.15) is 11.7 Å². The Morgan fingerprint density at radius 3 is 2.40 bits per heavy atom. The second-order valence-electron chi connectivity index (χ2n) is 8.87. The Bertz CT molecular complexity index is 563. The first-order valence-electron chi connectivity index (χ1n) is 8.99. The highest BCUT2D eigenvalue weighted by Gasteiger charge is 2.57. The average Bonchev–Trinajstić information content (AvgIpc) is 2.72. The van der Waals surface area contributed by atoms with Crippen LogP contribution >= 0.6 is 0 Å². The van der Waals surface area contributed by atoms with Gasteiger partial charge in [-0.2, -0.15) is 0 Å². The van der Waals surface area contributed by atoms with E-state index in [2.05, 4.69) is 0 Å². The largest absolute Gasteiger partial charge is 0.455 e. The zero-order valence-corrected chi connectivity index (χ0v) is 16.3. The van der Waals surface area contributed by atoms with Crippen LogP contribution in [0.3, 0.4) is 0 Å². The molecule has 1 saturated carbocycles. The molecule has 2 aliphatic rings. The molecular formula is C19H30O6. The smallest absolute Gasteiger partial charge is 0.347 e. The summed E-state index contributed by atoms with van der Waals surface area (Å²) in [7, 11) is 0. The van der Waals surface area contributed by atoms with Crippen LogP contribution in [-0.2, 0) is 28.6 Å². The highest BCUT2D eigenvalue weighted by molar-refractivity contribution is 5.81. The maximum atomic E-state index is 12.4. The summed E-state index contributed by atoms with van der Waals surface area (Å²) in [6.45, 7) is 12.9. The van der Waals surface area contributed by atoms with Crippen molar-refractivity contribution < 1.29 is 28.6 Å². The standard InChI is InChI=1S/C19H30O6/c1-10-8-13-9-19(7,25-17(13)22)14(10)24-16(21)12(3)23-15(20)11(2)18(4,5)6/h10-14H,8-9H2,1-7H3. The van der Waals surface area contributed by atoms with E-state index in [0.29, 0.717) is 12.8 Å². The van der Waals surface area contributed by atoms with Crippen LogP contribution in [-0.4, -0.2) is 35.7 Å². The van der Waals surface area contributed by atoms with Crippen LogP contribution in [0, 0.1) is 23.2 Å². The minimum atomic E-state index is -0.997. The number of ether oxygens (including phenoxy) is 3. The molecule has 1 aliphatic carbocycles. The van der Waals surface area contributed by atoms with Crippen molar-refractivity contribution in [3.63, 3.8) is 0 Å². The SMILES string of the molecule is CC(OC(=O)C(C)C(C)(C)C)C(=O)OC1C(C)CC2CC1(C)OC2=O. The summed E-state index contributed by atoms with van der Waals surface area (Å²) in [6.07, 6.45) is -0.322. The number of hydrogen-bond donors (Lipinski definition) is 0. The lowest BCUT2D eigenvalue weighted by atomic mass is 9.74. The van der Waals surface area contributed by atoms with Crippen molar-refractivity contribution in [1.29, 1.82) is 0 Å². The van der Waals surface area contributed by atoms with Gasteiger partial charge in [0.25, 0.3) is 0 Å². The van der Waals surface area contributed by atoms with Crippen LogP contribution in [0.4, 0.5) is 0 Å². The van der Waals surface area contributed by atoms with Gasteiger partial charge >= 0.3 is 17.9 Å². The van der Waals surface area contributed by atoms with Crippen LogP contribution in [0.1, 0.15) is 61.3 Å². The lowest BCUT2D eigenvalue weighted by Gasteiger charge is -2.39. The molecule has 6 unspecified atom stereocenters. The summed E-state index contributed by atoms with van der Waals surface area (Å²) in [4.78, 5) is 36.5. The van der Waals surface area contributed by atoms with Crippen molar-refractivity contribution in [2.45, 2.75) is 79.1 Å². The summed E-state index contributed by atoms with van der Waals surface area (Å²) in [6, 6.07) is 0. The molecule has 1 saturated heterocycles. The van der Waals surface area contributed by atoms with E-state index in [9.17, 15) is 14.4 Å². The molecule has 0 aromatic carbocycles. The van der Waals surface area contributed by atoms with E-state index < -0.39 is 29.7 Å². The maximum absolute atomic E-state index is 12.4. The predicted octanol–water partition coefficient (Wildman–Crippen LogP) is 2.87. The first-order valence-corrected chi connectivity index (χ1v) is 8.99. The van der Waals surface area contributed by atoms with Crippen LogP contribution in [0.25, 0.3) is 0 Å². The van der Waals surface area contributed by atoms with E-state index >= 15 is 0 Å². The molecule has 1 aliphatic heterocycles. The fraction of sp³-hybridized carbons (Fsp3) is 0.842. The summed E-state index contributed by atoms with van der Waals surface area (Å²) in [5, 5.41) is 0. The molecule has 0 aromatic heterocycles. The Labute approximate surface area is 149 Å². The van der Waals surface area contributed by atoms with Crippen molar-refractivity contribution in [3.8, 4) is 0 Å². The topological polar surface area (TPSA) is 78.9 Å². The summed E-state index contributed by atoms with van der Waals surface area (Å²) in [5.41, 5.74) is -1.05. The number of rotatable bonds is 4. The molecule has 6 nitrogen and oxygen atoms in total. The molecule has 0 radical (unpaired) electrons. The zero-order valence-electron chi connectivity index (χ0n) is 16.3. The molecule has 0 amide bonds. The van der Waals surface area contributed by atoms with Gasteiger partial charge in [0.05, 0.1) is 11.8 Å². The molecule has 6 heteroatoms. The van der Waals surface area contributed by atoms with Crippen molar-refractivity contribution >= 4 is 17.9 Å². The number of carbonyl (C=O) groups excluding carboxylic acids is 3. The minimum absolute atomic E-state index is 0.00977. The van der Waals surface area contributed by atoms with Gasteiger partial charge in [-0.1, -0.05) is 34.6 Å². The molecule has 6 atom stereocenters. The third kappa shape index (κ3) is 3.98. The molecule has 1 heterocycles. The van der Waals surface area contributed by atoms with Crippen LogP contribution in [0.15, 0.2) is 0 Å². The molecule has 142 valence electrons. The van der Waals surface area contributed by atoms with Gasteiger partial charge in [0.15, 0.2) is 6.10 Å². The van der Waals surface area contributed by atoms with Gasteiger partial charge in [-0.05, 0) is 31.6 Å². The molecule has 0 N–H and O–H groups in total. The van der Waals surface area contributed by atoms with Gasteiger partial charge in [-0.25, -0.2) is 4.79 Å². The fourth-order valence-electron chi connectivity index (χ4n) is 3.60. The van der Waals surface area contributed by atoms with Crippen molar-refractivity contribution in [3.05, 3.63) is 0 Å². The highest BCUT2D eigenvalue weighted by atomic mass is 16.6. The van der Waals surface area contributed by atoms with E-state index in [1.54, 1.807) is 13.8 Å². The number of hydrogen-bond acceptors (Lipinski definition) is 6. The third-order valence-electron chi connectivity index (χ3n) is 5.61. The molecule has 0 spiro atoms. The molecule has 2 fully saturated rings. The second kappa shape index (κ2) is 6.61. The minimum Gasteiger partial charge on any atom is -0.455 e. The van der Waals surface area contributed by atoms with Crippen LogP contribution < -0.4 is 0 Å². The van der Waals surface area contributed by atoms with Crippen molar-refractivity contribution in [2.75, 3.05) is 0 Å². The monoisotopic (exact) mass is 354 g/mol. The molecule has 25 heavy (non-hydrogen) atoms. The molecular weight excluding hydrogens is 324 g/mol. The number of carbonyl (C=O) groups is 3. The van der Waals surface area contributed by atoms with Crippen LogP contribution in [0.2, 0.25) is 0 Å². The molecule has 2 bridgehead atoms. The first-order chi connectivity index (χ1) is 11.3. The van der Waals surface area contributed by atoms with E-state index in [4.69, 9.17) is 14.2 Å². The lowest BCUT2D eigenvalue weighted by Crippen LogP contribution is -2.49. The predicted molar refractivity (Wildman–Crippen MR) is 90.4 cm³/mol. The Hall–Kier alpha value is -1.59. The average molecular weight is 354 g/mol. The third-order valence-corrected chi connectivity index (χ3v) is 5.61. The Kier molecular flexibility index (Phi) is 5.22. The van der Waals surface area contributed by atoms with Gasteiger partial charge in [-0.15, -0.1) is 0 Å². The van der Waals surface area contributed by atoms with Gasteiger partial charge in [0, 0.05) is 6.42 Å². The van der Waals surface area contributed by atoms with Crippen molar-refractivity contribution in [2.24, 2.45) is 23.2 Å². The Morgan fingerprint density at radius 2 is 1.84 bits per heavy atom. The summed E-state index contributed by atoms with van der Waals surface area (Å²) < 4.78 is 16.4. The Morgan fingerprint density at radius 1 is 1.24 bits per heavy atom. The van der Waals surface area contributed by atoms with Gasteiger partial charge < -0.3 is 14.2 Å². The lowest BCUT2D eigenvalue weighted by molar-refractivity contribution is -0.190. The van der Waals surface area contributed by atoms with Gasteiger partial charge in [-0.3, -0.25) is 9.59 Å². The zero-order chi connectivity index (χ0) is 19.2. The van der Waals surface area contributed by atoms with Crippen LogP contribution in [0.5, 0.6) is 0 Å². The van der Waals surface area contributed by atoms with E-state index in [1.165, 1.54) is 6.92 Å². The fourth-order valence-corrected chi connectivity index (χ4v) is 3.60. The summed E-state index contributed by atoms with van der Waals surface area (Å²) >= 11 is 0. The van der Waals surface area contributed by atoms with E-state index in [-0.39, 0.29) is 29.1 Å². The second-order valence-corrected chi connectivity index (χ2v) is 8.87. The Balaban J connectivity index is 1.99. The number of esters is 3. The summed E-state index contributed by atoms with van der Waals surface area (Å²) in [5.74, 6) is -1.69. The quantitative estimate of drug-likeness (QED) is 0.570. The maximum Gasteiger partial charge on any atom is 0.347 e. The molecule has 2 rings (SSSR count). The highest BCUT2D eigenvalue weighted by Crippen LogP contribution is 2.46. The van der Waals surface area contributed by atoms with Gasteiger partial charge in [0.2, 0.25) is 0 Å². The normalized spacial score (nSPS) is 34.0.